The Morgan fingerprint density at radius 3 is 2.50 bits per heavy atom. The first-order valence-corrected chi connectivity index (χ1v) is 9.28. The van der Waals surface area contributed by atoms with Crippen LogP contribution in [0.15, 0.2) is 30.3 Å². The molecule has 1 saturated carbocycles. The summed E-state index contributed by atoms with van der Waals surface area (Å²) < 4.78 is 6.04. The molecule has 3 rings (SSSR count). The second kappa shape index (κ2) is 7.66. The highest BCUT2D eigenvalue weighted by molar-refractivity contribution is 5.82. The predicted molar refractivity (Wildman–Crippen MR) is 95.8 cm³/mol. The van der Waals surface area contributed by atoms with Crippen LogP contribution in [0.25, 0.3) is 0 Å². The lowest BCUT2D eigenvalue weighted by atomic mass is 9.94. The first kappa shape index (κ1) is 17.4. The molecule has 2 aliphatic rings. The highest BCUT2D eigenvalue weighted by atomic mass is 16.5. The third-order valence-corrected chi connectivity index (χ3v) is 5.59. The third kappa shape index (κ3) is 3.50. The van der Waals surface area contributed by atoms with Gasteiger partial charge < -0.3 is 9.64 Å². The third-order valence-electron chi connectivity index (χ3n) is 5.59. The van der Waals surface area contributed by atoms with E-state index < -0.39 is 6.10 Å². The van der Waals surface area contributed by atoms with Crippen molar-refractivity contribution in [2.75, 3.05) is 20.2 Å². The number of carbonyl (C=O) groups excluding carboxylic acids is 1. The Morgan fingerprint density at radius 2 is 1.88 bits per heavy atom. The van der Waals surface area contributed by atoms with Gasteiger partial charge in [0, 0.05) is 25.7 Å². The summed E-state index contributed by atoms with van der Waals surface area (Å²) in [6, 6.07) is 11.2. The van der Waals surface area contributed by atoms with E-state index in [1.54, 1.807) is 0 Å². The van der Waals surface area contributed by atoms with Gasteiger partial charge in [-0.2, -0.15) is 0 Å². The number of ether oxygens (including phenoxy) is 1. The van der Waals surface area contributed by atoms with E-state index in [1.807, 2.05) is 31.9 Å². The van der Waals surface area contributed by atoms with Gasteiger partial charge >= 0.3 is 0 Å². The number of hydrogen-bond acceptors (Lipinski definition) is 3. The monoisotopic (exact) mass is 330 g/mol. The second-order valence-electron chi connectivity index (χ2n) is 7.37. The molecule has 0 aromatic heterocycles. The first-order valence-electron chi connectivity index (χ1n) is 9.28. The van der Waals surface area contributed by atoms with E-state index in [1.165, 1.54) is 31.2 Å². The average Bonchev–Trinajstić information content (AvgIpc) is 3.15. The van der Waals surface area contributed by atoms with Crippen LogP contribution in [0.3, 0.4) is 0 Å². The largest absolute Gasteiger partial charge is 0.365 e. The fourth-order valence-electron chi connectivity index (χ4n) is 4.01. The van der Waals surface area contributed by atoms with Crippen LogP contribution >= 0.6 is 0 Å². The van der Waals surface area contributed by atoms with E-state index >= 15 is 0 Å². The molecule has 1 amide bonds. The number of likely N-dealkylation sites (N-methyl/N-ethyl adjacent to an activating group) is 1. The number of nitrogens with zero attached hydrogens (tertiary/aromatic N) is 2. The van der Waals surface area contributed by atoms with Crippen molar-refractivity contribution in [2.24, 2.45) is 0 Å². The number of rotatable bonds is 4. The second-order valence-corrected chi connectivity index (χ2v) is 7.37. The van der Waals surface area contributed by atoms with Gasteiger partial charge in [-0.05, 0) is 32.3 Å². The minimum Gasteiger partial charge on any atom is -0.365 e. The van der Waals surface area contributed by atoms with E-state index in [-0.39, 0.29) is 18.0 Å². The van der Waals surface area contributed by atoms with E-state index in [0.717, 1.165) is 6.54 Å². The minimum absolute atomic E-state index is 0.0248. The number of hydrogen-bond donors (Lipinski definition) is 0. The normalized spacial score (nSPS) is 26.0. The topological polar surface area (TPSA) is 32.8 Å². The Labute approximate surface area is 145 Å². The molecule has 1 aliphatic carbocycles. The highest BCUT2D eigenvalue weighted by Crippen LogP contribution is 2.36. The molecular weight excluding hydrogens is 300 g/mol. The number of carbonyl (C=O) groups is 1. The Bertz CT molecular complexity index is 540. The molecule has 2 atom stereocenters. The Balaban J connectivity index is 1.92. The van der Waals surface area contributed by atoms with Crippen LogP contribution in [0.2, 0.25) is 0 Å². The van der Waals surface area contributed by atoms with Gasteiger partial charge in [0.1, 0.15) is 0 Å². The Morgan fingerprint density at radius 1 is 1.21 bits per heavy atom. The zero-order chi connectivity index (χ0) is 17.1. The molecule has 1 heterocycles. The van der Waals surface area contributed by atoms with E-state index in [4.69, 9.17) is 4.74 Å². The van der Waals surface area contributed by atoms with Gasteiger partial charge in [0.05, 0.1) is 12.6 Å². The van der Waals surface area contributed by atoms with Crippen molar-refractivity contribution in [1.82, 2.24) is 9.80 Å². The molecule has 4 nitrogen and oxygen atoms in total. The maximum atomic E-state index is 13.1. The fraction of sp³-hybridized carbons (Fsp3) is 0.650. The maximum Gasteiger partial charge on any atom is 0.253 e. The van der Waals surface area contributed by atoms with Crippen molar-refractivity contribution in [3.05, 3.63) is 35.9 Å². The molecule has 24 heavy (non-hydrogen) atoms. The van der Waals surface area contributed by atoms with Crippen LogP contribution in [0.5, 0.6) is 0 Å². The highest BCUT2D eigenvalue weighted by Gasteiger charge is 2.42. The summed E-state index contributed by atoms with van der Waals surface area (Å²) in [5, 5.41) is 0. The van der Waals surface area contributed by atoms with Gasteiger partial charge in [0.25, 0.3) is 5.91 Å². The van der Waals surface area contributed by atoms with Gasteiger partial charge in [-0.1, -0.05) is 43.2 Å². The summed E-state index contributed by atoms with van der Waals surface area (Å²) in [7, 11) is 1.88. The molecule has 0 N–H and O–H groups in total. The van der Waals surface area contributed by atoms with Crippen molar-refractivity contribution >= 4 is 5.91 Å². The van der Waals surface area contributed by atoms with Crippen molar-refractivity contribution < 1.29 is 9.53 Å². The van der Waals surface area contributed by atoms with Crippen LogP contribution in [-0.2, 0) is 9.53 Å². The van der Waals surface area contributed by atoms with Crippen LogP contribution in [0.4, 0.5) is 0 Å². The summed E-state index contributed by atoms with van der Waals surface area (Å²) in [5.41, 5.74) is 1.19. The van der Waals surface area contributed by atoms with Crippen molar-refractivity contribution in [3.8, 4) is 0 Å². The number of benzene rings is 1. The minimum atomic E-state index is -0.408. The van der Waals surface area contributed by atoms with E-state index in [0.29, 0.717) is 12.6 Å². The average molecular weight is 330 g/mol. The fourth-order valence-corrected chi connectivity index (χ4v) is 4.01. The lowest BCUT2D eigenvalue weighted by Gasteiger charge is -2.45. The predicted octanol–water partition coefficient (Wildman–Crippen LogP) is 3.24. The van der Waals surface area contributed by atoms with Gasteiger partial charge in [-0.3, -0.25) is 9.69 Å². The standard InChI is InChI=1S/C20H30N2O2/c1-15(2)21(3)20(23)19-18(16-9-5-4-6-10-16)22(13-14-24-19)17-11-7-8-12-17/h4-6,9-10,15,17-19H,7-8,11-14H2,1-3H3/t18-,19+/m0/s1. The smallest absolute Gasteiger partial charge is 0.253 e. The zero-order valence-electron chi connectivity index (χ0n) is 15.1. The molecule has 4 heteroatoms. The van der Waals surface area contributed by atoms with Gasteiger partial charge in [0.2, 0.25) is 0 Å². The summed E-state index contributed by atoms with van der Waals surface area (Å²) in [6.07, 6.45) is 4.67. The lowest BCUT2D eigenvalue weighted by molar-refractivity contribution is -0.159. The van der Waals surface area contributed by atoms with Crippen molar-refractivity contribution in [3.63, 3.8) is 0 Å². The summed E-state index contributed by atoms with van der Waals surface area (Å²) in [5.74, 6) is 0.0987. The lowest BCUT2D eigenvalue weighted by Crippen LogP contribution is -2.55. The van der Waals surface area contributed by atoms with Crippen LogP contribution < -0.4 is 0 Å². The Kier molecular flexibility index (Phi) is 5.57. The molecule has 0 radical (unpaired) electrons. The molecule has 0 spiro atoms. The quantitative estimate of drug-likeness (QED) is 0.850. The molecular formula is C20H30N2O2. The van der Waals surface area contributed by atoms with Crippen LogP contribution in [0, 0.1) is 0 Å². The van der Waals surface area contributed by atoms with E-state index in [9.17, 15) is 4.79 Å². The molecule has 1 saturated heterocycles. The molecule has 0 unspecified atom stereocenters. The maximum absolute atomic E-state index is 13.1. The Hall–Kier alpha value is -1.39. The first-order chi connectivity index (χ1) is 11.6. The summed E-state index contributed by atoms with van der Waals surface area (Å²) in [4.78, 5) is 17.4. The SMILES string of the molecule is CC(C)N(C)C(=O)[C@@H]1OCCN(C2CCCC2)[C@H]1c1ccccc1. The molecule has 2 fully saturated rings. The van der Waals surface area contributed by atoms with Crippen LogP contribution in [-0.4, -0.2) is 54.1 Å². The van der Waals surface area contributed by atoms with E-state index in [2.05, 4.69) is 29.2 Å². The molecule has 1 aliphatic heterocycles. The number of morpholine rings is 1. The van der Waals surface area contributed by atoms with Crippen LogP contribution in [0.1, 0.15) is 51.1 Å². The zero-order valence-corrected chi connectivity index (χ0v) is 15.1. The van der Waals surface area contributed by atoms with Crippen molar-refractivity contribution in [2.45, 2.75) is 63.8 Å². The van der Waals surface area contributed by atoms with Gasteiger partial charge in [-0.25, -0.2) is 0 Å². The molecule has 0 bridgehead atoms. The molecule has 1 aromatic rings. The molecule has 132 valence electrons. The van der Waals surface area contributed by atoms with Gasteiger partial charge in [0.15, 0.2) is 6.10 Å². The molecule has 1 aromatic carbocycles. The summed E-state index contributed by atoms with van der Waals surface area (Å²) in [6.45, 7) is 5.65. The van der Waals surface area contributed by atoms with Gasteiger partial charge in [-0.15, -0.1) is 0 Å². The number of amides is 1. The van der Waals surface area contributed by atoms with Crippen molar-refractivity contribution in [1.29, 1.82) is 0 Å². The summed E-state index contributed by atoms with van der Waals surface area (Å²) >= 11 is 0.